The number of esters is 1. The molecule has 78 valence electrons. The van der Waals surface area contributed by atoms with Crippen molar-refractivity contribution in [2.45, 2.75) is 33.6 Å². The first-order valence-electron chi connectivity index (χ1n) is 4.62. The molecule has 0 saturated carbocycles. The fourth-order valence-corrected chi connectivity index (χ4v) is 0.458. The zero-order chi connectivity index (χ0) is 10.7. The Kier molecular flexibility index (Phi) is 12.6. The number of nitrogens with two attached hydrogens (primary N) is 1. The van der Waals surface area contributed by atoms with E-state index in [9.17, 15) is 4.79 Å². The van der Waals surface area contributed by atoms with Gasteiger partial charge in [0.05, 0.1) is 6.61 Å². The van der Waals surface area contributed by atoms with Crippen LogP contribution < -0.4 is 5.73 Å². The maximum atomic E-state index is 10.4. The Morgan fingerprint density at radius 1 is 1.46 bits per heavy atom. The van der Waals surface area contributed by atoms with E-state index in [0.717, 1.165) is 6.54 Å². The summed E-state index contributed by atoms with van der Waals surface area (Å²) in [6.07, 6.45) is 2.39. The Morgan fingerprint density at radius 3 is 2.08 bits per heavy atom. The minimum atomic E-state index is -0.312. The van der Waals surface area contributed by atoms with Gasteiger partial charge in [0.25, 0.3) is 0 Å². The van der Waals surface area contributed by atoms with Gasteiger partial charge < -0.3 is 10.5 Å². The minimum absolute atomic E-state index is 0.312. The molecule has 13 heavy (non-hydrogen) atoms. The largest absolute Gasteiger partial charge is 0.463 e. The summed E-state index contributed by atoms with van der Waals surface area (Å²) in [4.78, 5) is 10.4. The molecule has 3 nitrogen and oxygen atoms in total. The fourth-order valence-electron chi connectivity index (χ4n) is 0.458. The van der Waals surface area contributed by atoms with E-state index >= 15 is 0 Å². The molecule has 0 aromatic rings. The predicted octanol–water partition coefficient (Wildman–Crippen LogP) is 1.87. The highest BCUT2D eigenvalue weighted by Gasteiger charge is 1.98. The van der Waals surface area contributed by atoms with E-state index in [1.54, 1.807) is 13.8 Å². The first kappa shape index (κ1) is 14.7. The first-order chi connectivity index (χ1) is 6.09. The Morgan fingerprint density at radius 2 is 2.00 bits per heavy atom. The van der Waals surface area contributed by atoms with E-state index in [2.05, 4.69) is 18.2 Å². The van der Waals surface area contributed by atoms with Crippen molar-refractivity contribution in [3.8, 4) is 0 Å². The van der Waals surface area contributed by atoms with Crippen LogP contribution in [-0.2, 0) is 9.53 Å². The van der Waals surface area contributed by atoms with Crippen LogP contribution in [0, 0.1) is 0 Å². The van der Waals surface area contributed by atoms with E-state index in [0.29, 0.717) is 12.2 Å². The number of carbonyl (C=O) groups is 1. The summed E-state index contributed by atoms with van der Waals surface area (Å²) < 4.78 is 4.56. The average molecular weight is 187 g/mol. The quantitative estimate of drug-likeness (QED) is 0.540. The Bertz CT molecular complexity index is 142. The average Bonchev–Trinajstić information content (AvgIpc) is 2.07. The number of carbonyl (C=O) groups excluding carboxylic acids is 1. The molecular weight excluding hydrogens is 166 g/mol. The van der Waals surface area contributed by atoms with Crippen molar-refractivity contribution in [3.63, 3.8) is 0 Å². The molecule has 3 heteroatoms. The van der Waals surface area contributed by atoms with E-state index < -0.39 is 0 Å². The lowest BCUT2D eigenvalue weighted by Gasteiger charge is -1.96. The van der Waals surface area contributed by atoms with Crippen LogP contribution >= 0.6 is 0 Å². The molecule has 0 amide bonds. The van der Waals surface area contributed by atoms with Crippen LogP contribution in [0.15, 0.2) is 12.2 Å². The van der Waals surface area contributed by atoms with Crippen molar-refractivity contribution in [1.82, 2.24) is 0 Å². The van der Waals surface area contributed by atoms with Gasteiger partial charge in [-0.1, -0.05) is 19.9 Å². The van der Waals surface area contributed by atoms with E-state index in [1.807, 2.05) is 0 Å². The second-order valence-corrected chi connectivity index (χ2v) is 2.64. The molecule has 0 saturated heterocycles. The van der Waals surface area contributed by atoms with Gasteiger partial charge in [-0.3, -0.25) is 0 Å². The minimum Gasteiger partial charge on any atom is -0.463 e. The van der Waals surface area contributed by atoms with Crippen molar-refractivity contribution < 1.29 is 9.53 Å². The molecule has 0 aromatic carbocycles. The standard InChI is InChI=1S/C6H10O2.C4H11N/c1-4-8-6(7)5(2)3;1-2-3-4-5/h2,4H2,1,3H3;2-5H2,1H3. The highest BCUT2D eigenvalue weighted by molar-refractivity contribution is 5.86. The molecule has 0 aliphatic carbocycles. The summed E-state index contributed by atoms with van der Waals surface area (Å²) >= 11 is 0. The molecule has 0 unspecified atom stereocenters. The van der Waals surface area contributed by atoms with Gasteiger partial charge in [0.2, 0.25) is 0 Å². The van der Waals surface area contributed by atoms with Crippen molar-refractivity contribution >= 4 is 5.97 Å². The molecule has 0 rings (SSSR count). The summed E-state index contributed by atoms with van der Waals surface area (Å²) in [6.45, 7) is 10.2. The fraction of sp³-hybridized carbons (Fsp3) is 0.700. The van der Waals surface area contributed by atoms with Gasteiger partial charge in [0.15, 0.2) is 0 Å². The summed E-state index contributed by atoms with van der Waals surface area (Å²) in [5.41, 5.74) is 5.59. The second kappa shape index (κ2) is 11.2. The first-order valence-corrected chi connectivity index (χ1v) is 4.62. The van der Waals surface area contributed by atoms with Gasteiger partial charge >= 0.3 is 5.97 Å². The maximum Gasteiger partial charge on any atom is 0.333 e. The van der Waals surface area contributed by atoms with E-state index in [-0.39, 0.29) is 5.97 Å². The molecule has 0 aromatic heterocycles. The molecular formula is C10H21NO2. The lowest BCUT2D eigenvalue weighted by molar-refractivity contribution is -0.138. The summed E-state index contributed by atoms with van der Waals surface area (Å²) in [5.74, 6) is -0.312. The molecule has 0 bridgehead atoms. The maximum absolute atomic E-state index is 10.4. The Hall–Kier alpha value is -0.830. The molecule has 0 atom stereocenters. The third-order valence-electron chi connectivity index (χ3n) is 1.18. The van der Waals surface area contributed by atoms with Crippen LogP contribution in [0.4, 0.5) is 0 Å². The number of hydrogen-bond donors (Lipinski definition) is 1. The smallest absolute Gasteiger partial charge is 0.333 e. The zero-order valence-electron chi connectivity index (χ0n) is 8.93. The molecule has 0 radical (unpaired) electrons. The third-order valence-corrected chi connectivity index (χ3v) is 1.18. The second-order valence-electron chi connectivity index (χ2n) is 2.64. The van der Waals surface area contributed by atoms with Crippen LogP contribution in [0.2, 0.25) is 0 Å². The van der Waals surface area contributed by atoms with Crippen molar-refractivity contribution in [2.24, 2.45) is 5.73 Å². The Labute approximate surface area is 81.0 Å². The van der Waals surface area contributed by atoms with Crippen molar-refractivity contribution in [3.05, 3.63) is 12.2 Å². The van der Waals surface area contributed by atoms with Crippen LogP contribution in [0.25, 0.3) is 0 Å². The third kappa shape index (κ3) is 14.1. The summed E-state index contributed by atoms with van der Waals surface area (Å²) in [6, 6.07) is 0. The highest BCUT2D eigenvalue weighted by atomic mass is 16.5. The summed E-state index contributed by atoms with van der Waals surface area (Å²) in [7, 11) is 0. The van der Waals surface area contributed by atoms with Crippen LogP contribution in [-0.4, -0.2) is 19.1 Å². The van der Waals surface area contributed by atoms with Gasteiger partial charge in [-0.2, -0.15) is 0 Å². The number of ether oxygens (including phenoxy) is 1. The zero-order valence-corrected chi connectivity index (χ0v) is 8.93. The number of rotatable bonds is 4. The lowest BCUT2D eigenvalue weighted by Crippen LogP contribution is -2.03. The molecule has 0 heterocycles. The van der Waals surface area contributed by atoms with Gasteiger partial charge in [-0.25, -0.2) is 4.79 Å². The predicted molar refractivity (Wildman–Crippen MR) is 55.4 cm³/mol. The highest BCUT2D eigenvalue weighted by Crippen LogP contribution is 1.89. The van der Waals surface area contributed by atoms with Crippen LogP contribution in [0.3, 0.4) is 0 Å². The number of hydrogen-bond acceptors (Lipinski definition) is 3. The van der Waals surface area contributed by atoms with Crippen molar-refractivity contribution in [2.75, 3.05) is 13.2 Å². The molecule has 0 spiro atoms. The molecule has 0 aliphatic heterocycles. The molecule has 0 aliphatic rings. The lowest BCUT2D eigenvalue weighted by atomic mass is 10.3. The molecule has 0 fully saturated rings. The Balaban J connectivity index is 0. The topological polar surface area (TPSA) is 52.3 Å². The van der Waals surface area contributed by atoms with Gasteiger partial charge in [-0.05, 0) is 26.8 Å². The van der Waals surface area contributed by atoms with E-state index in [1.165, 1.54) is 12.8 Å². The normalized spacial score (nSPS) is 8.31. The SMILES string of the molecule is C=C(C)C(=O)OCC.CCCCN. The van der Waals surface area contributed by atoms with Crippen LogP contribution in [0.5, 0.6) is 0 Å². The summed E-state index contributed by atoms with van der Waals surface area (Å²) in [5, 5.41) is 0. The van der Waals surface area contributed by atoms with Gasteiger partial charge in [0, 0.05) is 5.57 Å². The van der Waals surface area contributed by atoms with Crippen molar-refractivity contribution in [1.29, 1.82) is 0 Å². The molecule has 2 N–H and O–H groups in total. The van der Waals surface area contributed by atoms with E-state index in [4.69, 9.17) is 5.73 Å². The van der Waals surface area contributed by atoms with Gasteiger partial charge in [0.1, 0.15) is 0 Å². The monoisotopic (exact) mass is 187 g/mol. The van der Waals surface area contributed by atoms with Gasteiger partial charge in [-0.15, -0.1) is 0 Å². The van der Waals surface area contributed by atoms with Crippen LogP contribution in [0.1, 0.15) is 33.6 Å². The number of unbranched alkanes of at least 4 members (excludes halogenated alkanes) is 1.